The van der Waals surface area contributed by atoms with Gasteiger partial charge in [0.25, 0.3) is 0 Å². The summed E-state index contributed by atoms with van der Waals surface area (Å²) in [5.41, 5.74) is 0.851. The van der Waals surface area contributed by atoms with Crippen LogP contribution in [0, 0.1) is 0 Å². The van der Waals surface area contributed by atoms with Gasteiger partial charge in [-0.1, -0.05) is 36.4 Å². The van der Waals surface area contributed by atoms with E-state index in [2.05, 4.69) is 5.32 Å². The molecule has 3 atom stereocenters. The van der Waals surface area contributed by atoms with Gasteiger partial charge in [0.2, 0.25) is 0 Å². The zero-order chi connectivity index (χ0) is 16.4. The molecule has 0 radical (unpaired) electrons. The Kier molecular flexibility index (Phi) is 4.52. The zero-order valence-corrected chi connectivity index (χ0v) is 14.1. The van der Waals surface area contributed by atoms with E-state index in [1.807, 2.05) is 30.3 Å². The molecule has 1 aliphatic rings. The van der Waals surface area contributed by atoms with Crippen LogP contribution in [-0.2, 0) is 19.4 Å². The average Bonchev–Trinajstić information content (AvgIpc) is 3.25. The molecule has 122 valence electrons. The normalized spacial score (nSPS) is 24.5. The molecule has 2 aromatic rings. The summed E-state index contributed by atoms with van der Waals surface area (Å²) in [6, 6.07) is 11.6. The third-order valence-electron chi connectivity index (χ3n) is 4.04. The average molecular weight is 351 g/mol. The minimum Gasteiger partial charge on any atom is -0.468 e. The van der Waals surface area contributed by atoms with E-state index in [1.54, 1.807) is 17.5 Å². The summed E-state index contributed by atoms with van der Waals surface area (Å²) < 4.78 is 31.0. The highest BCUT2D eigenvalue weighted by atomic mass is 32.2. The Morgan fingerprint density at radius 3 is 2.57 bits per heavy atom. The topological polar surface area (TPSA) is 72.5 Å². The maximum atomic E-state index is 13.0. The minimum absolute atomic E-state index is 0.201. The number of sulfone groups is 1. The Morgan fingerprint density at radius 2 is 1.96 bits per heavy atom. The highest BCUT2D eigenvalue weighted by Gasteiger charge is 2.46. The van der Waals surface area contributed by atoms with Crippen LogP contribution in [0.4, 0.5) is 0 Å². The molecule has 0 unspecified atom stereocenters. The number of rotatable bonds is 4. The highest BCUT2D eigenvalue weighted by Crippen LogP contribution is 2.37. The summed E-state index contributed by atoms with van der Waals surface area (Å²) in [6.45, 7) is 0. The number of carbonyl (C=O) groups excluding carboxylic acids is 1. The van der Waals surface area contributed by atoms with Crippen molar-refractivity contribution in [2.24, 2.45) is 0 Å². The van der Waals surface area contributed by atoms with Gasteiger partial charge in [-0.15, -0.1) is 11.3 Å². The Labute approximate surface area is 139 Å². The lowest BCUT2D eigenvalue weighted by Gasteiger charge is -2.19. The van der Waals surface area contributed by atoms with Gasteiger partial charge in [0.15, 0.2) is 9.84 Å². The molecule has 0 spiro atoms. The van der Waals surface area contributed by atoms with Crippen LogP contribution < -0.4 is 5.32 Å². The number of benzene rings is 1. The Morgan fingerprint density at radius 1 is 1.22 bits per heavy atom. The van der Waals surface area contributed by atoms with Gasteiger partial charge in [0, 0.05) is 0 Å². The molecule has 5 nitrogen and oxygen atoms in total. The van der Waals surface area contributed by atoms with Gasteiger partial charge in [-0.25, -0.2) is 8.42 Å². The predicted octanol–water partition coefficient (Wildman–Crippen LogP) is 2.17. The maximum absolute atomic E-state index is 13.0. The lowest BCUT2D eigenvalue weighted by molar-refractivity contribution is -0.142. The van der Waals surface area contributed by atoms with Crippen molar-refractivity contribution >= 4 is 27.1 Å². The third-order valence-corrected chi connectivity index (χ3v) is 7.64. The lowest BCUT2D eigenvalue weighted by atomic mass is 10.1. The second-order valence-corrected chi connectivity index (χ2v) is 8.72. The van der Waals surface area contributed by atoms with E-state index in [0.29, 0.717) is 4.21 Å². The summed E-state index contributed by atoms with van der Waals surface area (Å²) in [5.74, 6) is -0.435. The summed E-state index contributed by atoms with van der Waals surface area (Å²) in [6.07, 6.45) is 0.201. The van der Waals surface area contributed by atoms with E-state index in [-0.39, 0.29) is 6.42 Å². The first-order valence-electron chi connectivity index (χ1n) is 7.20. The molecule has 1 saturated heterocycles. The first-order valence-corrected chi connectivity index (χ1v) is 9.63. The molecule has 0 aliphatic carbocycles. The predicted molar refractivity (Wildman–Crippen MR) is 88.0 cm³/mol. The maximum Gasteiger partial charge on any atom is 0.322 e. The van der Waals surface area contributed by atoms with Crippen LogP contribution in [-0.4, -0.2) is 32.8 Å². The molecule has 1 aromatic carbocycles. The number of hydrogen-bond donors (Lipinski definition) is 1. The van der Waals surface area contributed by atoms with Gasteiger partial charge in [0.05, 0.1) is 18.4 Å². The second-order valence-electron chi connectivity index (χ2n) is 5.38. The number of thiophene rings is 1. The Hall–Kier alpha value is -1.70. The number of hydrogen-bond acceptors (Lipinski definition) is 6. The van der Waals surface area contributed by atoms with Gasteiger partial charge < -0.3 is 4.74 Å². The molecular weight excluding hydrogens is 334 g/mol. The van der Waals surface area contributed by atoms with Crippen molar-refractivity contribution < 1.29 is 17.9 Å². The van der Waals surface area contributed by atoms with Crippen molar-refractivity contribution in [1.29, 1.82) is 0 Å². The first kappa shape index (κ1) is 16.2. The van der Waals surface area contributed by atoms with Crippen LogP contribution in [0.25, 0.3) is 0 Å². The standard InChI is InChI=1S/C16H17NO4S2/c1-21-16(18)12-10-13(23(19,20)14-8-5-9-22-14)15(17-12)11-6-3-2-4-7-11/h2-9,12-13,15,17H,10H2,1H3/t12-,13+,15-/m1/s1. The largest absolute Gasteiger partial charge is 0.468 e. The van der Waals surface area contributed by atoms with Crippen LogP contribution in [0.15, 0.2) is 52.1 Å². The second kappa shape index (κ2) is 6.43. The number of esters is 1. The van der Waals surface area contributed by atoms with Crippen molar-refractivity contribution in [1.82, 2.24) is 5.32 Å². The van der Waals surface area contributed by atoms with Crippen LogP contribution >= 0.6 is 11.3 Å². The van der Waals surface area contributed by atoms with Crippen LogP contribution in [0.1, 0.15) is 18.0 Å². The number of nitrogens with one attached hydrogen (secondary N) is 1. The molecule has 1 fully saturated rings. The van der Waals surface area contributed by atoms with Gasteiger partial charge in [0.1, 0.15) is 10.3 Å². The highest BCUT2D eigenvalue weighted by molar-refractivity contribution is 7.94. The Balaban J connectivity index is 1.99. The number of ether oxygens (including phenoxy) is 1. The van der Waals surface area contributed by atoms with Gasteiger partial charge in [-0.2, -0.15) is 0 Å². The van der Waals surface area contributed by atoms with E-state index in [4.69, 9.17) is 4.74 Å². The van der Waals surface area contributed by atoms with Crippen molar-refractivity contribution in [2.45, 2.75) is 28.0 Å². The number of methoxy groups -OCH3 is 1. The molecule has 1 aromatic heterocycles. The molecule has 1 N–H and O–H groups in total. The monoisotopic (exact) mass is 351 g/mol. The first-order chi connectivity index (χ1) is 11.0. The van der Waals surface area contributed by atoms with Gasteiger partial charge >= 0.3 is 5.97 Å². The van der Waals surface area contributed by atoms with Crippen molar-refractivity contribution in [3.8, 4) is 0 Å². The van der Waals surface area contributed by atoms with Crippen LogP contribution in [0.2, 0.25) is 0 Å². The molecular formula is C16H17NO4S2. The smallest absolute Gasteiger partial charge is 0.322 e. The molecule has 0 bridgehead atoms. The van der Waals surface area contributed by atoms with E-state index < -0.39 is 33.1 Å². The van der Waals surface area contributed by atoms with E-state index in [9.17, 15) is 13.2 Å². The quantitative estimate of drug-likeness (QED) is 0.855. The molecule has 1 aliphatic heterocycles. The summed E-state index contributed by atoms with van der Waals surface area (Å²) >= 11 is 1.20. The van der Waals surface area contributed by atoms with Crippen LogP contribution in [0.5, 0.6) is 0 Å². The number of carbonyl (C=O) groups is 1. The molecule has 0 amide bonds. The fourth-order valence-electron chi connectivity index (χ4n) is 2.92. The molecule has 3 rings (SSSR count). The van der Waals surface area contributed by atoms with E-state index in [0.717, 1.165) is 5.56 Å². The molecule has 0 saturated carbocycles. The van der Waals surface area contributed by atoms with Crippen molar-refractivity contribution in [3.63, 3.8) is 0 Å². The minimum atomic E-state index is -3.52. The fraction of sp³-hybridized carbons (Fsp3) is 0.312. The van der Waals surface area contributed by atoms with Crippen LogP contribution in [0.3, 0.4) is 0 Å². The molecule has 7 heteroatoms. The summed E-state index contributed by atoms with van der Waals surface area (Å²) in [4.78, 5) is 11.9. The van der Waals surface area contributed by atoms with Crippen molar-refractivity contribution in [3.05, 3.63) is 53.4 Å². The zero-order valence-electron chi connectivity index (χ0n) is 12.5. The molecule has 2 heterocycles. The SMILES string of the molecule is COC(=O)[C@H]1C[C@H](S(=O)(=O)c2cccs2)[C@@H](c2ccccc2)N1. The third kappa shape index (κ3) is 3.04. The molecule has 23 heavy (non-hydrogen) atoms. The summed E-state index contributed by atoms with van der Waals surface area (Å²) in [7, 11) is -2.21. The lowest BCUT2D eigenvalue weighted by Crippen LogP contribution is -2.33. The van der Waals surface area contributed by atoms with Gasteiger partial charge in [-0.05, 0) is 23.4 Å². The van der Waals surface area contributed by atoms with E-state index >= 15 is 0 Å². The fourth-order valence-corrected chi connectivity index (χ4v) is 6.05. The van der Waals surface area contributed by atoms with Gasteiger partial charge in [-0.3, -0.25) is 10.1 Å². The van der Waals surface area contributed by atoms with Crippen molar-refractivity contribution in [2.75, 3.05) is 7.11 Å². The Bertz CT molecular complexity index is 772. The van der Waals surface area contributed by atoms with E-state index in [1.165, 1.54) is 18.4 Å². The summed E-state index contributed by atoms with van der Waals surface area (Å²) in [5, 5.41) is 4.17.